The standard InChI is InChI=1S/C20H29N7O4/c1-6-7-8-27-15-13(14(16(21)28)23-24(5)17(15)29)22-18(27)25-9-11-26(12-10-25)19(30)31-20(2,3)4/h18,22H,8-12H2,1-5H3,(H2,21,28). The lowest BCUT2D eigenvalue weighted by molar-refractivity contribution is 0.0117. The van der Waals surface area contributed by atoms with Gasteiger partial charge in [-0.1, -0.05) is 5.92 Å². The molecule has 1 unspecified atom stereocenters. The maximum atomic E-state index is 12.8. The predicted octanol–water partition coefficient (Wildman–Crippen LogP) is -0.0293. The maximum absolute atomic E-state index is 12.8. The summed E-state index contributed by atoms with van der Waals surface area (Å²) in [4.78, 5) is 42.7. The second kappa shape index (κ2) is 8.47. The molecular formula is C20H29N7O4. The van der Waals surface area contributed by atoms with Crippen molar-refractivity contribution in [2.45, 2.75) is 39.6 Å². The van der Waals surface area contributed by atoms with Gasteiger partial charge in [-0.15, -0.1) is 5.92 Å². The van der Waals surface area contributed by atoms with Crippen LogP contribution in [-0.4, -0.2) is 76.2 Å². The number of aryl methyl sites for hydroxylation is 1. The molecule has 1 fully saturated rings. The largest absolute Gasteiger partial charge is 0.444 e. The van der Waals surface area contributed by atoms with Crippen LogP contribution in [0.5, 0.6) is 0 Å². The summed E-state index contributed by atoms with van der Waals surface area (Å²) in [6.45, 7) is 9.52. The molecule has 0 aromatic carbocycles. The van der Waals surface area contributed by atoms with Gasteiger partial charge < -0.3 is 25.6 Å². The minimum Gasteiger partial charge on any atom is -0.444 e. The molecule has 2 aliphatic heterocycles. The van der Waals surface area contributed by atoms with E-state index in [0.29, 0.717) is 37.6 Å². The molecule has 0 radical (unpaired) electrons. The third kappa shape index (κ3) is 4.59. The van der Waals surface area contributed by atoms with Crippen LogP contribution in [0.2, 0.25) is 0 Å². The van der Waals surface area contributed by atoms with Gasteiger partial charge in [0.15, 0.2) is 12.0 Å². The number of nitrogens with one attached hydrogen (secondary N) is 1. The van der Waals surface area contributed by atoms with E-state index in [1.165, 1.54) is 7.05 Å². The van der Waals surface area contributed by atoms with Crippen LogP contribution in [0.1, 0.15) is 38.2 Å². The first-order valence-corrected chi connectivity index (χ1v) is 10.1. The number of carbonyl (C=O) groups excluding carboxylic acids is 2. The van der Waals surface area contributed by atoms with Crippen LogP contribution >= 0.6 is 0 Å². The Balaban J connectivity index is 1.85. The number of ether oxygens (including phenoxy) is 1. The lowest BCUT2D eigenvalue weighted by Gasteiger charge is -2.41. The van der Waals surface area contributed by atoms with Crippen molar-refractivity contribution in [3.05, 3.63) is 16.0 Å². The molecule has 0 aliphatic carbocycles. The number of fused-ring (bicyclic) bond motifs is 1. The first kappa shape index (κ1) is 22.4. The highest BCUT2D eigenvalue weighted by atomic mass is 16.6. The maximum Gasteiger partial charge on any atom is 0.410 e. The Kier molecular flexibility index (Phi) is 6.13. The van der Waals surface area contributed by atoms with Gasteiger partial charge in [0.2, 0.25) is 0 Å². The number of hydrogen-bond acceptors (Lipinski definition) is 8. The first-order chi connectivity index (χ1) is 14.5. The first-order valence-electron chi connectivity index (χ1n) is 10.1. The summed E-state index contributed by atoms with van der Waals surface area (Å²) in [6.07, 6.45) is -0.774. The molecule has 0 spiro atoms. The number of aromatic nitrogens is 2. The zero-order chi connectivity index (χ0) is 22.9. The van der Waals surface area contributed by atoms with Gasteiger partial charge in [0.1, 0.15) is 11.3 Å². The highest BCUT2D eigenvalue weighted by Crippen LogP contribution is 2.34. The molecule has 1 atom stereocenters. The number of piperazine rings is 1. The Morgan fingerprint density at radius 3 is 2.45 bits per heavy atom. The van der Waals surface area contributed by atoms with Crippen molar-refractivity contribution >= 4 is 23.4 Å². The zero-order valence-corrected chi connectivity index (χ0v) is 18.6. The fourth-order valence-electron chi connectivity index (χ4n) is 3.62. The normalized spacial score (nSPS) is 18.7. The molecule has 1 aromatic heterocycles. The molecule has 168 valence electrons. The van der Waals surface area contributed by atoms with Gasteiger partial charge in [0.25, 0.3) is 11.5 Å². The molecule has 1 aromatic rings. The SMILES string of the molecule is CC#CCN1c2c(c(C(N)=O)nn(C)c2=O)NC1N1CCN(C(=O)OC(C)(C)C)CC1. The second-order valence-electron chi connectivity index (χ2n) is 8.44. The van der Waals surface area contributed by atoms with Crippen LogP contribution < -0.4 is 21.5 Å². The predicted molar refractivity (Wildman–Crippen MR) is 116 cm³/mol. The van der Waals surface area contributed by atoms with Crippen molar-refractivity contribution in [2.75, 3.05) is 42.9 Å². The summed E-state index contributed by atoms with van der Waals surface area (Å²) in [7, 11) is 1.48. The van der Waals surface area contributed by atoms with E-state index in [2.05, 4.69) is 27.2 Å². The topological polar surface area (TPSA) is 126 Å². The molecule has 0 bridgehead atoms. The Morgan fingerprint density at radius 1 is 1.26 bits per heavy atom. The lowest BCUT2D eigenvalue weighted by Crippen LogP contribution is -2.58. The van der Waals surface area contributed by atoms with Crippen LogP contribution in [0.25, 0.3) is 0 Å². The third-order valence-corrected chi connectivity index (χ3v) is 5.05. The number of amides is 2. The molecule has 3 rings (SSSR count). The van der Waals surface area contributed by atoms with Crippen molar-refractivity contribution < 1.29 is 14.3 Å². The molecule has 1 saturated heterocycles. The molecule has 0 saturated carbocycles. The van der Waals surface area contributed by atoms with Gasteiger partial charge in [-0.3, -0.25) is 14.5 Å². The monoisotopic (exact) mass is 431 g/mol. The molecular weight excluding hydrogens is 402 g/mol. The van der Waals surface area contributed by atoms with Gasteiger partial charge in [-0.2, -0.15) is 5.10 Å². The van der Waals surface area contributed by atoms with E-state index in [4.69, 9.17) is 10.5 Å². The Bertz CT molecular complexity index is 994. The van der Waals surface area contributed by atoms with Gasteiger partial charge in [0.05, 0.1) is 12.2 Å². The summed E-state index contributed by atoms with van der Waals surface area (Å²) >= 11 is 0. The number of rotatable bonds is 3. The van der Waals surface area contributed by atoms with Crippen molar-refractivity contribution in [3.8, 4) is 11.8 Å². The average Bonchev–Trinajstić information content (AvgIpc) is 3.07. The Hall–Kier alpha value is -3.26. The Labute approximate surface area is 181 Å². The van der Waals surface area contributed by atoms with E-state index in [-0.39, 0.29) is 23.9 Å². The minimum absolute atomic E-state index is 0.00134. The zero-order valence-electron chi connectivity index (χ0n) is 18.6. The van der Waals surface area contributed by atoms with Crippen molar-refractivity contribution in [1.29, 1.82) is 0 Å². The van der Waals surface area contributed by atoms with E-state index >= 15 is 0 Å². The highest BCUT2D eigenvalue weighted by Gasteiger charge is 2.40. The summed E-state index contributed by atoms with van der Waals surface area (Å²) in [6, 6.07) is 0. The summed E-state index contributed by atoms with van der Waals surface area (Å²) in [5.74, 6) is 5.10. The third-order valence-electron chi connectivity index (χ3n) is 5.05. The van der Waals surface area contributed by atoms with E-state index in [9.17, 15) is 14.4 Å². The molecule has 2 amide bonds. The fraction of sp³-hybridized carbons (Fsp3) is 0.600. The van der Waals surface area contributed by atoms with Crippen molar-refractivity contribution in [1.82, 2.24) is 19.6 Å². The van der Waals surface area contributed by atoms with Crippen molar-refractivity contribution in [2.24, 2.45) is 12.8 Å². The van der Waals surface area contributed by atoms with Crippen LogP contribution in [0, 0.1) is 11.8 Å². The molecule has 11 nitrogen and oxygen atoms in total. The van der Waals surface area contributed by atoms with Crippen LogP contribution in [-0.2, 0) is 11.8 Å². The molecule has 3 N–H and O–H groups in total. The van der Waals surface area contributed by atoms with Crippen LogP contribution in [0.3, 0.4) is 0 Å². The average molecular weight is 431 g/mol. The van der Waals surface area contributed by atoms with E-state index in [1.807, 2.05) is 25.7 Å². The quantitative estimate of drug-likeness (QED) is 0.639. The van der Waals surface area contributed by atoms with Gasteiger partial charge in [-0.05, 0) is 27.7 Å². The summed E-state index contributed by atoms with van der Waals surface area (Å²) < 4.78 is 6.56. The van der Waals surface area contributed by atoms with Gasteiger partial charge in [-0.25, -0.2) is 9.48 Å². The summed E-state index contributed by atoms with van der Waals surface area (Å²) in [5.41, 5.74) is 5.22. The molecule has 11 heteroatoms. The molecule has 31 heavy (non-hydrogen) atoms. The fourth-order valence-corrected chi connectivity index (χ4v) is 3.62. The van der Waals surface area contributed by atoms with E-state index in [1.54, 1.807) is 11.8 Å². The minimum atomic E-state index is -0.726. The smallest absolute Gasteiger partial charge is 0.410 e. The molecule has 3 heterocycles. The van der Waals surface area contributed by atoms with E-state index in [0.717, 1.165) is 4.68 Å². The second-order valence-corrected chi connectivity index (χ2v) is 8.44. The van der Waals surface area contributed by atoms with E-state index < -0.39 is 17.8 Å². The number of hydrogen-bond donors (Lipinski definition) is 2. The molecule has 2 aliphatic rings. The number of primary amides is 1. The Morgan fingerprint density at radius 2 is 1.90 bits per heavy atom. The van der Waals surface area contributed by atoms with Crippen LogP contribution in [0.4, 0.5) is 16.2 Å². The highest BCUT2D eigenvalue weighted by molar-refractivity contribution is 6.00. The van der Waals surface area contributed by atoms with Crippen LogP contribution in [0.15, 0.2) is 4.79 Å². The number of anilines is 2. The van der Waals surface area contributed by atoms with Gasteiger partial charge in [0, 0.05) is 33.2 Å². The number of carbonyl (C=O) groups is 2. The van der Waals surface area contributed by atoms with Crippen molar-refractivity contribution in [3.63, 3.8) is 0 Å². The summed E-state index contributed by atoms with van der Waals surface area (Å²) in [5, 5.41) is 7.26. The van der Waals surface area contributed by atoms with Gasteiger partial charge >= 0.3 is 6.09 Å². The lowest BCUT2D eigenvalue weighted by atomic mass is 10.2. The number of nitrogens with zero attached hydrogens (tertiary/aromatic N) is 5. The number of nitrogens with two attached hydrogens (primary N) is 1.